The number of fused-ring (bicyclic) bond motifs is 1. The van der Waals surface area contributed by atoms with E-state index in [1.165, 1.54) is 30.0 Å². The lowest BCUT2D eigenvalue weighted by atomic mass is 10.1. The average molecular weight is 339 g/mol. The fourth-order valence-electron chi connectivity index (χ4n) is 2.16. The molecular formula is C20H21NO4. The molecule has 0 unspecified atom stereocenters. The summed E-state index contributed by atoms with van der Waals surface area (Å²) in [6.45, 7) is 1.65. The minimum atomic E-state index is -1.12. The maximum absolute atomic E-state index is 10.5. The van der Waals surface area contributed by atoms with Crippen molar-refractivity contribution < 1.29 is 19.8 Å². The molecule has 130 valence electrons. The van der Waals surface area contributed by atoms with Gasteiger partial charge in [0.05, 0.1) is 11.1 Å². The van der Waals surface area contributed by atoms with Crippen molar-refractivity contribution in [1.29, 1.82) is 0 Å². The molecule has 0 aliphatic heterocycles. The van der Waals surface area contributed by atoms with Crippen LogP contribution in [0, 0.1) is 6.92 Å². The van der Waals surface area contributed by atoms with Gasteiger partial charge in [-0.15, -0.1) is 0 Å². The summed E-state index contributed by atoms with van der Waals surface area (Å²) < 4.78 is 0. The molecule has 5 heteroatoms. The predicted octanol–water partition coefficient (Wildman–Crippen LogP) is 3.81. The van der Waals surface area contributed by atoms with E-state index in [4.69, 9.17) is 10.2 Å². The quantitative estimate of drug-likeness (QED) is 0.659. The van der Waals surface area contributed by atoms with Crippen LogP contribution in [0.2, 0.25) is 0 Å². The normalized spacial score (nSPS) is 9.24. The highest BCUT2D eigenvalue weighted by Gasteiger charge is 2.09. The molecule has 0 aliphatic carbocycles. The first-order valence-corrected chi connectivity index (χ1v) is 7.57. The molecule has 0 spiro atoms. The van der Waals surface area contributed by atoms with Gasteiger partial charge in [0, 0.05) is 0 Å². The van der Waals surface area contributed by atoms with Gasteiger partial charge in [0.1, 0.15) is 0 Å². The van der Waals surface area contributed by atoms with E-state index in [9.17, 15) is 9.59 Å². The summed E-state index contributed by atoms with van der Waals surface area (Å²) in [5, 5.41) is 19.9. The fourth-order valence-corrected chi connectivity index (χ4v) is 2.16. The van der Waals surface area contributed by atoms with E-state index in [0.29, 0.717) is 5.56 Å². The minimum absolute atomic E-state index is 0.00241. The third kappa shape index (κ3) is 6.08. The standard InChI is InChI=1S/C10H8.C9H8O4.CH5N/c1-2-6-10-8-4-3-7-9(10)5-1;1-5-2-6(8(10)11)4-7(3-5)9(12)13;1-2/h1-8H;2-4H,1H3,(H,10,11)(H,12,13);2H2,1H3. The van der Waals surface area contributed by atoms with Gasteiger partial charge in [-0.2, -0.15) is 0 Å². The third-order valence-electron chi connectivity index (χ3n) is 3.23. The molecule has 0 saturated heterocycles. The molecule has 25 heavy (non-hydrogen) atoms. The van der Waals surface area contributed by atoms with Crippen molar-refractivity contribution in [3.05, 3.63) is 83.4 Å². The summed E-state index contributed by atoms with van der Waals surface area (Å²) in [6.07, 6.45) is 0. The predicted molar refractivity (Wildman–Crippen MR) is 99.2 cm³/mol. The summed E-state index contributed by atoms with van der Waals surface area (Å²) >= 11 is 0. The van der Waals surface area contributed by atoms with E-state index >= 15 is 0 Å². The maximum Gasteiger partial charge on any atom is 0.335 e. The zero-order valence-electron chi connectivity index (χ0n) is 14.1. The molecular weight excluding hydrogens is 318 g/mol. The first-order valence-electron chi connectivity index (χ1n) is 7.57. The highest BCUT2D eigenvalue weighted by molar-refractivity contribution is 5.94. The summed E-state index contributed by atoms with van der Waals surface area (Å²) in [7, 11) is 1.50. The van der Waals surface area contributed by atoms with Crippen LogP contribution >= 0.6 is 0 Å². The van der Waals surface area contributed by atoms with Gasteiger partial charge in [0.2, 0.25) is 0 Å². The smallest absolute Gasteiger partial charge is 0.335 e. The molecule has 3 aromatic carbocycles. The summed E-state index contributed by atoms with van der Waals surface area (Å²) in [5.41, 5.74) is 5.12. The second-order valence-corrected chi connectivity index (χ2v) is 5.05. The Balaban J connectivity index is 0.000000233. The van der Waals surface area contributed by atoms with Gasteiger partial charge in [0.15, 0.2) is 0 Å². The number of aromatic carboxylic acids is 2. The first kappa shape index (κ1) is 19.9. The van der Waals surface area contributed by atoms with Crippen LogP contribution in [0.4, 0.5) is 0 Å². The summed E-state index contributed by atoms with van der Waals surface area (Å²) in [4.78, 5) is 21.1. The zero-order valence-corrected chi connectivity index (χ0v) is 14.1. The number of carboxylic acids is 2. The fraction of sp³-hybridized carbons (Fsp3) is 0.100. The van der Waals surface area contributed by atoms with E-state index in [1.54, 1.807) is 6.92 Å². The number of rotatable bonds is 2. The molecule has 3 rings (SSSR count). The number of hydrogen-bond donors (Lipinski definition) is 3. The lowest BCUT2D eigenvalue weighted by Gasteiger charge is -1.99. The van der Waals surface area contributed by atoms with Gasteiger partial charge < -0.3 is 15.9 Å². The summed E-state index contributed by atoms with van der Waals surface area (Å²) in [6, 6.07) is 20.7. The van der Waals surface area contributed by atoms with Gasteiger partial charge in [-0.05, 0) is 48.5 Å². The number of benzene rings is 3. The van der Waals surface area contributed by atoms with Crippen molar-refractivity contribution in [2.75, 3.05) is 7.05 Å². The van der Waals surface area contributed by atoms with Crippen LogP contribution in [0.25, 0.3) is 10.8 Å². The highest BCUT2D eigenvalue weighted by Crippen LogP contribution is 2.11. The van der Waals surface area contributed by atoms with Crippen LogP contribution in [-0.2, 0) is 0 Å². The lowest BCUT2D eigenvalue weighted by Crippen LogP contribution is -2.02. The SMILES string of the molecule is CN.Cc1cc(C(=O)O)cc(C(=O)O)c1.c1ccc2ccccc2c1. The average Bonchev–Trinajstić information content (AvgIpc) is 2.63. The van der Waals surface area contributed by atoms with Gasteiger partial charge in [-0.3, -0.25) is 0 Å². The zero-order chi connectivity index (χ0) is 18.8. The van der Waals surface area contributed by atoms with E-state index < -0.39 is 11.9 Å². The number of carboxylic acid groups (broad SMARTS) is 2. The largest absolute Gasteiger partial charge is 0.478 e. The number of carbonyl (C=O) groups is 2. The Morgan fingerprint density at radius 2 is 1.04 bits per heavy atom. The number of aryl methyl sites for hydroxylation is 1. The van der Waals surface area contributed by atoms with Crippen LogP contribution < -0.4 is 5.73 Å². The van der Waals surface area contributed by atoms with Crippen LogP contribution in [0.5, 0.6) is 0 Å². The molecule has 4 N–H and O–H groups in total. The molecule has 0 amide bonds. The van der Waals surface area contributed by atoms with Crippen LogP contribution in [0.3, 0.4) is 0 Å². The van der Waals surface area contributed by atoms with Gasteiger partial charge in [0.25, 0.3) is 0 Å². The second-order valence-electron chi connectivity index (χ2n) is 5.05. The molecule has 0 bridgehead atoms. The molecule has 0 atom stereocenters. The number of hydrogen-bond acceptors (Lipinski definition) is 3. The van der Waals surface area contributed by atoms with Crippen LogP contribution in [0.15, 0.2) is 66.7 Å². The van der Waals surface area contributed by atoms with Crippen molar-refractivity contribution in [2.24, 2.45) is 5.73 Å². The van der Waals surface area contributed by atoms with Gasteiger partial charge in [-0.1, -0.05) is 48.5 Å². The van der Waals surface area contributed by atoms with Crippen molar-refractivity contribution in [2.45, 2.75) is 6.92 Å². The van der Waals surface area contributed by atoms with E-state index in [0.717, 1.165) is 6.07 Å². The molecule has 0 aromatic heterocycles. The Labute approximate surface area is 146 Å². The van der Waals surface area contributed by atoms with E-state index in [2.05, 4.69) is 54.3 Å². The molecule has 0 heterocycles. The Morgan fingerprint density at radius 3 is 1.32 bits per heavy atom. The number of nitrogens with two attached hydrogens (primary N) is 1. The Hall–Kier alpha value is -3.18. The van der Waals surface area contributed by atoms with E-state index in [-0.39, 0.29) is 11.1 Å². The topological polar surface area (TPSA) is 101 Å². The van der Waals surface area contributed by atoms with E-state index in [1.807, 2.05) is 0 Å². The van der Waals surface area contributed by atoms with Crippen molar-refractivity contribution in [3.8, 4) is 0 Å². The monoisotopic (exact) mass is 339 g/mol. The molecule has 5 nitrogen and oxygen atoms in total. The second kappa shape index (κ2) is 9.85. The Kier molecular flexibility index (Phi) is 7.82. The first-order chi connectivity index (χ1) is 12.0. The maximum atomic E-state index is 10.5. The molecule has 0 saturated carbocycles. The Bertz CT molecular complexity index is 761. The van der Waals surface area contributed by atoms with Crippen LogP contribution in [0.1, 0.15) is 26.3 Å². The molecule has 0 fully saturated rings. The van der Waals surface area contributed by atoms with Crippen molar-refractivity contribution in [1.82, 2.24) is 0 Å². The van der Waals surface area contributed by atoms with Crippen molar-refractivity contribution >= 4 is 22.7 Å². The highest BCUT2D eigenvalue weighted by atomic mass is 16.4. The van der Waals surface area contributed by atoms with Gasteiger partial charge in [-0.25, -0.2) is 9.59 Å². The molecule has 0 aliphatic rings. The molecule has 3 aromatic rings. The Morgan fingerprint density at radius 1 is 0.720 bits per heavy atom. The minimum Gasteiger partial charge on any atom is -0.478 e. The third-order valence-corrected chi connectivity index (χ3v) is 3.23. The summed E-state index contributed by atoms with van der Waals surface area (Å²) in [5.74, 6) is -2.24. The molecule has 0 radical (unpaired) electrons. The van der Waals surface area contributed by atoms with Gasteiger partial charge >= 0.3 is 11.9 Å². The van der Waals surface area contributed by atoms with Crippen LogP contribution in [-0.4, -0.2) is 29.2 Å². The van der Waals surface area contributed by atoms with Crippen molar-refractivity contribution in [3.63, 3.8) is 0 Å². The lowest BCUT2D eigenvalue weighted by molar-refractivity contribution is 0.0696.